The van der Waals surface area contributed by atoms with E-state index in [0.717, 1.165) is 17.9 Å². The molecule has 0 saturated heterocycles. The van der Waals surface area contributed by atoms with Crippen molar-refractivity contribution in [1.82, 2.24) is 0 Å². The molecule has 0 bridgehead atoms. The quantitative estimate of drug-likeness (QED) is 0.280. The van der Waals surface area contributed by atoms with Crippen molar-refractivity contribution >= 4 is 21.5 Å². The van der Waals surface area contributed by atoms with Gasteiger partial charge in [-0.15, -0.1) is 0 Å². The standard InChI is InChI=1S/C29H32NO/c1-16(2)10-20-12-23-11-18(5)19(6)26-27(23)25(13-20)31-29-24-14-21(17(3)4)8-9-22(24)15-30(7)28(26)29/h8-9,11-17H,10H2,1-7H3/q+1. The molecule has 0 amide bonds. The third-order valence-electron chi connectivity index (χ3n) is 6.76. The van der Waals surface area contributed by atoms with Crippen molar-refractivity contribution in [2.75, 3.05) is 0 Å². The Bertz CT molecular complexity index is 1360. The number of rotatable bonds is 3. The van der Waals surface area contributed by atoms with E-state index >= 15 is 0 Å². The molecule has 2 nitrogen and oxygen atoms in total. The predicted molar refractivity (Wildman–Crippen MR) is 130 cm³/mol. The van der Waals surface area contributed by atoms with Crippen molar-refractivity contribution in [3.8, 4) is 22.8 Å². The average molecular weight is 411 g/mol. The summed E-state index contributed by atoms with van der Waals surface area (Å²) in [5.41, 5.74) is 7.87. The zero-order chi connectivity index (χ0) is 22.0. The van der Waals surface area contributed by atoms with Crippen LogP contribution in [0.5, 0.6) is 11.5 Å². The summed E-state index contributed by atoms with van der Waals surface area (Å²) in [4.78, 5) is 0. The van der Waals surface area contributed by atoms with Gasteiger partial charge in [0, 0.05) is 16.2 Å². The first-order valence-corrected chi connectivity index (χ1v) is 11.5. The van der Waals surface area contributed by atoms with Crippen molar-refractivity contribution in [2.24, 2.45) is 13.0 Å². The molecule has 2 heterocycles. The molecule has 0 aliphatic carbocycles. The van der Waals surface area contributed by atoms with E-state index in [2.05, 4.69) is 95.8 Å². The number of aromatic nitrogens is 1. The molecular weight excluding hydrogens is 378 g/mol. The molecule has 0 radical (unpaired) electrons. The molecule has 0 fully saturated rings. The third-order valence-corrected chi connectivity index (χ3v) is 6.76. The molecular formula is C29H32NO+. The van der Waals surface area contributed by atoms with E-state index in [1.165, 1.54) is 55.1 Å². The molecule has 0 atom stereocenters. The maximum atomic E-state index is 6.77. The Morgan fingerprint density at radius 2 is 1.71 bits per heavy atom. The molecule has 0 unspecified atom stereocenters. The van der Waals surface area contributed by atoms with E-state index in [-0.39, 0.29) is 0 Å². The first-order valence-electron chi connectivity index (χ1n) is 11.5. The van der Waals surface area contributed by atoms with E-state index in [9.17, 15) is 0 Å². The molecule has 1 aromatic heterocycles. The number of benzene rings is 3. The Hall–Kier alpha value is -2.87. The van der Waals surface area contributed by atoms with E-state index in [1.807, 2.05) is 0 Å². The van der Waals surface area contributed by atoms with E-state index in [1.54, 1.807) is 0 Å². The summed E-state index contributed by atoms with van der Waals surface area (Å²) in [5, 5.41) is 4.95. The highest BCUT2D eigenvalue weighted by Crippen LogP contribution is 2.50. The van der Waals surface area contributed by atoms with Crippen molar-refractivity contribution in [3.05, 3.63) is 64.8 Å². The van der Waals surface area contributed by atoms with E-state index in [4.69, 9.17) is 4.74 Å². The van der Waals surface area contributed by atoms with Crippen molar-refractivity contribution < 1.29 is 9.30 Å². The summed E-state index contributed by atoms with van der Waals surface area (Å²) >= 11 is 0. The smallest absolute Gasteiger partial charge is 0.257 e. The Kier molecular flexibility index (Phi) is 4.58. The van der Waals surface area contributed by atoms with Gasteiger partial charge >= 0.3 is 0 Å². The van der Waals surface area contributed by atoms with Gasteiger partial charge in [-0.05, 0) is 77.9 Å². The van der Waals surface area contributed by atoms with Crippen LogP contribution in [0, 0.1) is 19.8 Å². The van der Waals surface area contributed by atoms with Crippen LogP contribution in [0.25, 0.3) is 32.8 Å². The SMILES string of the molecule is Cc1cc2cc(CC(C)C)cc3c2c(c1C)-c1c(c2cc(C(C)C)ccc2c[n+]1C)O3. The number of aryl methyl sites for hydroxylation is 2. The molecule has 1 aliphatic rings. The van der Waals surface area contributed by atoms with E-state index < -0.39 is 0 Å². The lowest BCUT2D eigenvalue weighted by molar-refractivity contribution is -0.659. The minimum absolute atomic E-state index is 0.481. The summed E-state index contributed by atoms with van der Waals surface area (Å²) in [6.45, 7) is 13.5. The van der Waals surface area contributed by atoms with Crippen molar-refractivity contribution in [1.29, 1.82) is 0 Å². The van der Waals surface area contributed by atoms with Gasteiger partial charge < -0.3 is 4.74 Å². The van der Waals surface area contributed by atoms with Crippen LogP contribution in [0.2, 0.25) is 0 Å². The Balaban J connectivity index is 1.90. The van der Waals surface area contributed by atoms with Gasteiger partial charge in [0.25, 0.3) is 5.69 Å². The van der Waals surface area contributed by atoms with Crippen LogP contribution in [0.1, 0.15) is 55.9 Å². The molecule has 0 spiro atoms. The minimum atomic E-state index is 0.481. The zero-order valence-corrected chi connectivity index (χ0v) is 19.8. The van der Waals surface area contributed by atoms with Gasteiger partial charge in [-0.2, -0.15) is 4.57 Å². The fourth-order valence-corrected chi connectivity index (χ4v) is 5.08. The van der Waals surface area contributed by atoms with Crippen molar-refractivity contribution in [3.63, 3.8) is 0 Å². The average Bonchev–Trinajstić information content (AvgIpc) is 2.70. The maximum absolute atomic E-state index is 6.77. The number of nitrogens with zero attached hydrogens (tertiary/aromatic N) is 1. The maximum Gasteiger partial charge on any atom is 0.257 e. The second kappa shape index (κ2) is 7.09. The van der Waals surface area contributed by atoms with Gasteiger partial charge in [0.1, 0.15) is 12.8 Å². The van der Waals surface area contributed by atoms with Gasteiger partial charge in [0.15, 0.2) is 6.20 Å². The number of fused-ring (bicyclic) bond motifs is 4. The number of ether oxygens (including phenoxy) is 1. The minimum Gasteiger partial charge on any atom is -0.449 e. The lowest BCUT2D eigenvalue weighted by Gasteiger charge is -2.24. The molecule has 4 aromatic rings. The Morgan fingerprint density at radius 3 is 2.42 bits per heavy atom. The van der Waals surface area contributed by atoms with Crippen LogP contribution >= 0.6 is 0 Å². The first kappa shape index (κ1) is 20.1. The Morgan fingerprint density at radius 1 is 0.935 bits per heavy atom. The normalized spacial score (nSPS) is 12.7. The summed E-state index contributed by atoms with van der Waals surface area (Å²) in [6, 6.07) is 13.8. The highest BCUT2D eigenvalue weighted by atomic mass is 16.5. The summed E-state index contributed by atoms with van der Waals surface area (Å²) in [6.07, 6.45) is 3.30. The van der Waals surface area contributed by atoms with Gasteiger partial charge in [-0.25, -0.2) is 0 Å². The largest absolute Gasteiger partial charge is 0.449 e. The lowest BCUT2D eigenvalue weighted by atomic mass is 9.88. The summed E-state index contributed by atoms with van der Waals surface area (Å²) in [5.74, 6) is 3.08. The van der Waals surface area contributed by atoms with Gasteiger partial charge in [0.2, 0.25) is 5.75 Å². The number of hydrogen-bond donors (Lipinski definition) is 0. The number of pyridine rings is 1. The second-order valence-electron chi connectivity index (χ2n) is 10.0. The predicted octanol–water partition coefficient (Wildman–Crippen LogP) is 7.53. The molecule has 1 aliphatic heterocycles. The molecule has 5 rings (SSSR count). The zero-order valence-electron chi connectivity index (χ0n) is 19.8. The molecule has 2 heteroatoms. The highest BCUT2D eigenvalue weighted by molar-refractivity contribution is 6.07. The van der Waals surface area contributed by atoms with E-state index in [0.29, 0.717) is 11.8 Å². The molecule has 0 N–H and O–H groups in total. The lowest BCUT2D eigenvalue weighted by Crippen LogP contribution is -2.32. The topological polar surface area (TPSA) is 13.1 Å². The van der Waals surface area contributed by atoms with Crippen LogP contribution in [0.15, 0.2) is 42.6 Å². The second-order valence-corrected chi connectivity index (χ2v) is 10.0. The summed E-state index contributed by atoms with van der Waals surface area (Å²) < 4.78 is 9.02. The van der Waals surface area contributed by atoms with Crippen LogP contribution < -0.4 is 9.30 Å². The van der Waals surface area contributed by atoms with Gasteiger partial charge in [0.05, 0.1) is 5.56 Å². The first-order chi connectivity index (χ1) is 14.7. The fourth-order valence-electron chi connectivity index (χ4n) is 5.08. The van der Waals surface area contributed by atoms with Crippen LogP contribution in [0.4, 0.5) is 0 Å². The summed E-state index contributed by atoms with van der Waals surface area (Å²) in [7, 11) is 2.14. The Labute approximate surface area is 185 Å². The number of hydrogen-bond acceptors (Lipinski definition) is 1. The van der Waals surface area contributed by atoms with Gasteiger partial charge in [-0.3, -0.25) is 0 Å². The van der Waals surface area contributed by atoms with Crippen LogP contribution in [-0.4, -0.2) is 0 Å². The fraction of sp³-hybridized carbons (Fsp3) is 0.345. The van der Waals surface area contributed by atoms with Crippen LogP contribution in [0.3, 0.4) is 0 Å². The monoisotopic (exact) mass is 410 g/mol. The highest BCUT2D eigenvalue weighted by Gasteiger charge is 2.32. The van der Waals surface area contributed by atoms with Crippen LogP contribution in [-0.2, 0) is 13.5 Å². The van der Waals surface area contributed by atoms with Crippen molar-refractivity contribution in [2.45, 2.75) is 53.9 Å². The molecule has 31 heavy (non-hydrogen) atoms. The third kappa shape index (κ3) is 3.12. The molecule has 158 valence electrons. The molecule has 3 aromatic carbocycles. The van der Waals surface area contributed by atoms with Gasteiger partial charge in [-0.1, -0.05) is 45.9 Å². The molecule has 0 saturated carbocycles.